The zero-order valence-corrected chi connectivity index (χ0v) is 13.4. The van der Waals surface area contributed by atoms with Crippen molar-refractivity contribution >= 4 is 40.6 Å². The van der Waals surface area contributed by atoms with Crippen molar-refractivity contribution in [1.82, 2.24) is 9.80 Å². The summed E-state index contributed by atoms with van der Waals surface area (Å²) in [5, 5.41) is 0.831. The van der Waals surface area contributed by atoms with Gasteiger partial charge in [-0.05, 0) is 12.1 Å². The standard InChI is InChI=1S/C15H14Cl2N2O3/c1-18-14(20)12(10-3-2-9(16)8-11(10)17)13(15(18)21)19-4-6-22-7-5-19/h2-3,8H,4-7H2,1H3. The summed E-state index contributed by atoms with van der Waals surface area (Å²) in [5.74, 6) is -0.663. The van der Waals surface area contributed by atoms with Gasteiger partial charge < -0.3 is 9.64 Å². The molecule has 1 aromatic rings. The second kappa shape index (κ2) is 5.91. The largest absolute Gasteiger partial charge is 0.378 e. The molecule has 1 saturated heterocycles. The molecule has 0 aliphatic carbocycles. The molecule has 3 rings (SSSR count). The van der Waals surface area contributed by atoms with Crippen LogP contribution < -0.4 is 0 Å². The number of rotatable bonds is 2. The van der Waals surface area contributed by atoms with E-state index in [2.05, 4.69) is 0 Å². The predicted octanol–water partition coefficient (Wildman–Crippen LogP) is 2.04. The molecule has 2 aliphatic heterocycles. The molecule has 0 radical (unpaired) electrons. The molecule has 0 spiro atoms. The zero-order chi connectivity index (χ0) is 15.9. The summed E-state index contributed by atoms with van der Waals surface area (Å²) in [6.45, 7) is 2.18. The Morgan fingerprint density at radius 3 is 2.41 bits per heavy atom. The Morgan fingerprint density at radius 2 is 1.77 bits per heavy atom. The molecule has 7 heteroatoms. The van der Waals surface area contributed by atoms with E-state index in [1.807, 2.05) is 4.90 Å². The topological polar surface area (TPSA) is 49.9 Å². The molecule has 0 unspecified atom stereocenters. The van der Waals surface area contributed by atoms with Gasteiger partial charge in [-0.25, -0.2) is 0 Å². The second-order valence-corrected chi connectivity index (χ2v) is 5.96. The summed E-state index contributed by atoms with van der Waals surface area (Å²) in [6.07, 6.45) is 0. The Morgan fingerprint density at radius 1 is 1.09 bits per heavy atom. The minimum absolute atomic E-state index is 0.312. The molecule has 0 aromatic heterocycles. The Bertz CT molecular complexity index is 681. The van der Waals surface area contributed by atoms with Crippen molar-refractivity contribution in [2.75, 3.05) is 33.4 Å². The van der Waals surface area contributed by atoms with Crippen molar-refractivity contribution in [2.45, 2.75) is 0 Å². The van der Waals surface area contributed by atoms with Gasteiger partial charge in [0.15, 0.2) is 0 Å². The van der Waals surface area contributed by atoms with E-state index in [-0.39, 0.29) is 11.8 Å². The van der Waals surface area contributed by atoms with Gasteiger partial charge in [0.1, 0.15) is 5.70 Å². The highest BCUT2D eigenvalue weighted by Crippen LogP contribution is 2.35. The van der Waals surface area contributed by atoms with Gasteiger partial charge in [0.2, 0.25) is 0 Å². The van der Waals surface area contributed by atoms with Gasteiger partial charge in [0.25, 0.3) is 11.8 Å². The molecule has 2 heterocycles. The highest BCUT2D eigenvalue weighted by molar-refractivity contribution is 6.41. The number of amides is 2. The predicted molar refractivity (Wildman–Crippen MR) is 83.6 cm³/mol. The first-order valence-electron chi connectivity index (χ1n) is 6.85. The molecule has 2 aliphatic rings. The van der Waals surface area contributed by atoms with Crippen LogP contribution in [0.25, 0.3) is 5.57 Å². The number of morpholine rings is 1. The van der Waals surface area contributed by atoms with Crippen LogP contribution in [0.3, 0.4) is 0 Å². The first kappa shape index (κ1) is 15.3. The summed E-state index contributed by atoms with van der Waals surface area (Å²) < 4.78 is 5.31. The molecule has 0 N–H and O–H groups in total. The third-order valence-corrected chi connectivity index (χ3v) is 4.34. The molecule has 0 bridgehead atoms. The van der Waals surface area contributed by atoms with Crippen molar-refractivity contribution < 1.29 is 14.3 Å². The van der Waals surface area contributed by atoms with Crippen LogP contribution in [-0.2, 0) is 14.3 Å². The highest BCUT2D eigenvalue weighted by atomic mass is 35.5. The minimum Gasteiger partial charge on any atom is -0.378 e. The average molecular weight is 341 g/mol. The van der Waals surface area contributed by atoms with Crippen LogP contribution in [-0.4, -0.2) is 55.0 Å². The molecular formula is C15H14Cl2N2O3. The van der Waals surface area contributed by atoms with Crippen molar-refractivity contribution in [3.8, 4) is 0 Å². The quantitative estimate of drug-likeness (QED) is 0.773. The fraction of sp³-hybridized carbons (Fsp3) is 0.333. The fourth-order valence-corrected chi connectivity index (χ4v) is 3.15. The highest BCUT2D eigenvalue weighted by Gasteiger charge is 2.40. The number of likely N-dealkylation sites (N-methyl/N-ethyl adjacent to an activating group) is 1. The van der Waals surface area contributed by atoms with Gasteiger partial charge in [-0.2, -0.15) is 0 Å². The molecule has 5 nitrogen and oxygen atoms in total. The second-order valence-electron chi connectivity index (χ2n) is 5.12. The maximum atomic E-state index is 12.5. The molecule has 2 amide bonds. The number of imide groups is 1. The first-order valence-corrected chi connectivity index (χ1v) is 7.61. The third-order valence-electron chi connectivity index (χ3n) is 3.79. The number of halogens is 2. The van der Waals surface area contributed by atoms with Crippen molar-refractivity contribution in [3.05, 3.63) is 39.5 Å². The maximum absolute atomic E-state index is 12.5. The van der Waals surface area contributed by atoms with Crippen LogP contribution in [0.2, 0.25) is 10.0 Å². The van der Waals surface area contributed by atoms with Gasteiger partial charge in [-0.1, -0.05) is 29.3 Å². The van der Waals surface area contributed by atoms with Crippen molar-refractivity contribution in [2.24, 2.45) is 0 Å². The van der Waals surface area contributed by atoms with Crippen LogP contribution in [0, 0.1) is 0 Å². The number of carbonyl (C=O) groups excluding carboxylic acids is 2. The van der Waals surface area contributed by atoms with E-state index in [1.165, 1.54) is 7.05 Å². The molecule has 116 valence electrons. The molecule has 0 saturated carbocycles. The van der Waals surface area contributed by atoms with Gasteiger partial charge in [0, 0.05) is 30.7 Å². The van der Waals surface area contributed by atoms with Gasteiger partial charge >= 0.3 is 0 Å². The molecule has 1 fully saturated rings. The Labute approximate surface area is 138 Å². The lowest BCUT2D eigenvalue weighted by Crippen LogP contribution is -2.39. The van der Waals surface area contributed by atoms with Gasteiger partial charge in [-0.15, -0.1) is 0 Å². The van der Waals surface area contributed by atoms with Gasteiger partial charge in [-0.3, -0.25) is 14.5 Å². The number of nitrogens with zero attached hydrogens (tertiary/aromatic N) is 2. The summed E-state index contributed by atoms with van der Waals surface area (Å²) in [6, 6.07) is 4.89. The first-order chi connectivity index (χ1) is 10.5. The third kappa shape index (κ3) is 2.49. The van der Waals surface area contributed by atoms with E-state index in [0.29, 0.717) is 53.2 Å². The van der Waals surface area contributed by atoms with E-state index in [0.717, 1.165) is 4.90 Å². The lowest BCUT2D eigenvalue weighted by molar-refractivity contribution is -0.136. The SMILES string of the molecule is CN1C(=O)C(c2ccc(Cl)cc2Cl)=C(N2CCOCC2)C1=O. The summed E-state index contributed by atoms with van der Waals surface area (Å²) in [7, 11) is 1.47. The monoisotopic (exact) mass is 340 g/mol. The molecular weight excluding hydrogens is 327 g/mol. The van der Waals surface area contributed by atoms with E-state index >= 15 is 0 Å². The Hall–Kier alpha value is -1.56. The van der Waals surface area contributed by atoms with E-state index in [4.69, 9.17) is 27.9 Å². The van der Waals surface area contributed by atoms with Crippen LogP contribution in [0.1, 0.15) is 5.56 Å². The van der Waals surface area contributed by atoms with Crippen LogP contribution >= 0.6 is 23.2 Å². The fourth-order valence-electron chi connectivity index (χ4n) is 2.64. The van der Waals surface area contributed by atoms with Crippen LogP contribution in [0.4, 0.5) is 0 Å². The van der Waals surface area contributed by atoms with Gasteiger partial charge in [0.05, 0.1) is 23.8 Å². The summed E-state index contributed by atoms with van der Waals surface area (Å²) in [5.41, 5.74) is 1.24. The van der Waals surface area contributed by atoms with Crippen LogP contribution in [0.15, 0.2) is 23.9 Å². The lowest BCUT2D eigenvalue weighted by Gasteiger charge is -2.29. The Kier molecular flexibility index (Phi) is 4.12. The minimum atomic E-state index is -0.351. The number of benzene rings is 1. The lowest BCUT2D eigenvalue weighted by atomic mass is 10.0. The number of carbonyl (C=O) groups is 2. The number of hydrogen-bond acceptors (Lipinski definition) is 4. The smallest absolute Gasteiger partial charge is 0.277 e. The molecule has 22 heavy (non-hydrogen) atoms. The van der Waals surface area contributed by atoms with Crippen molar-refractivity contribution in [1.29, 1.82) is 0 Å². The van der Waals surface area contributed by atoms with E-state index in [1.54, 1.807) is 18.2 Å². The summed E-state index contributed by atoms with van der Waals surface area (Å²) >= 11 is 12.1. The average Bonchev–Trinajstić information content (AvgIpc) is 2.73. The van der Waals surface area contributed by atoms with Crippen LogP contribution in [0.5, 0.6) is 0 Å². The van der Waals surface area contributed by atoms with Crippen molar-refractivity contribution in [3.63, 3.8) is 0 Å². The molecule has 0 atom stereocenters. The van der Waals surface area contributed by atoms with E-state index < -0.39 is 0 Å². The molecule has 1 aromatic carbocycles. The normalized spacial score (nSPS) is 19.4. The number of hydrogen-bond donors (Lipinski definition) is 0. The van der Waals surface area contributed by atoms with E-state index in [9.17, 15) is 9.59 Å². The summed E-state index contributed by atoms with van der Waals surface area (Å²) in [4.78, 5) is 28.0. The maximum Gasteiger partial charge on any atom is 0.277 e. The Balaban J connectivity index is 2.14. The number of ether oxygens (including phenoxy) is 1. The zero-order valence-electron chi connectivity index (χ0n) is 11.9.